The average Bonchev–Trinajstić information content (AvgIpc) is 2.43. The molecule has 0 saturated heterocycles. The quantitative estimate of drug-likeness (QED) is 0.725. The first-order valence-corrected chi connectivity index (χ1v) is 7.42. The molecule has 100 valence electrons. The number of ether oxygens (including phenoxy) is 2. The van der Waals surface area contributed by atoms with E-state index in [-0.39, 0.29) is 0 Å². The monoisotopic (exact) mass is 384 g/mol. The summed E-state index contributed by atoms with van der Waals surface area (Å²) in [7, 11) is 1.66. The summed E-state index contributed by atoms with van der Waals surface area (Å²) in [5.41, 5.74) is 2.23. The third-order valence-corrected chi connectivity index (χ3v) is 3.99. The van der Waals surface area contributed by atoms with Crippen LogP contribution in [0.2, 0.25) is 0 Å². The van der Waals surface area contributed by atoms with Crippen molar-refractivity contribution in [1.29, 1.82) is 0 Å². The molecular weight excluding hydrogens is 372 g/mol. The Kier molecular flexibility index (Phi) is 5.43. The maximum Gasteiger partial charge on any atom is 0.119 e. The van der Waals surface area contributed by atoms with Gasteiger partial charge in [0.15, 0.2) is 0 Å². The van der Waals surface area contributed by atoms with E-state index in [2.05, 4.69) is 31.9 Å². The van der Waals surface area contributed by atoms with Gasteiger partial charge < -0.3 is 9.47 Å². The van der Waals surface area contributed by atoms with Crippen molar-refractivity contribution < 1.29 is 9.47 Å². The van der Waals surface area contributed by atoms with Crippen LogP contribution in [0, 0.1) is 0 Å². The summed E-state index contributed by atoms with van der Waals surface area (Å²) >= 11 is 6.93. The summed E-state index contributed by atoms with van der Waals surface area (Å²) in [6.07, 6.45) is 0. The molecule has 0 spiro atoms. The van der Waals surface area contributed by atoms with E-state index in [4.69, 9.17) is 9.47 Å². The van der Waals surface area contributed by atoms with Crippen LogP contribution in [0.25, 0.3) is 0 Å². The molecule has 2 rings (SSSR count). The zero-order chi connectivity index (χ0) is 13.7. The first-order valence-electron chi connectivity index (χ1n) is 5.83. The lowest BCUT2D eigenvalue weighted by Crippen LogP contribution is -1.96. The predicted molar refractivity (Wildman–Crippen MR) is 83.3 cm³/mol. The number of rotatable bonds is 5. The van der Waals surface area contributed by atoms with Crippen LogP contribution >= 0.6 is 31.9 Å². The van der Waals surface area contributed by atoms with Gasteiger partial charge in [0.25, 0.3) is 0 Å². The topological polar surface area (TPSA) is 18.5 Å². The maximum absolute atomic E-state index is 5.73. The SMILES string of the molecule is COc1ccc(Br)c(COCc2ccc(Br)cc2)c1. The fourth-order valence-electron chi connectivity index (χ4n) is 1.65. The summed E-state index contributed by atoms with van der Waals surface area (Å²) in [5, 5.41) is 0. The van der Waals surface area contributed by atoms with E-state index in [0.717, 1.165) is 25.8 Å². The Bertz CT molecular complexity index is 538. The summed E-state index contributed by atoms with van der Waals surface area (Å²) in [6, 6.07) is 14.0. The lowest BCUT2D eigenvalue weighted by Gasteiger charge is -2.08. The van der Waals surface area contributed by atoms with Crippen molar-refractivity contribution >= 4 is 31.9 Å². The Morgan fingerprint density at radius 2 is 1.68 bits per heavy atom. The number of benzene rings is 2. The first kappa shape index (κ1) is 14.6. The lowest BCUT2D eigenvalue weighted by atomic mass is 10.2. The molecule has 2 aromatic carbocycles. The van der Waals surface area contributed by atoms with Crippen LogP contribution < -0.4 is 4.74 Å². The number of halogens is 2. The summed E-state index contributed by atoms with van der Waals surface area (Å²) in [6.45, 7) is 1.14. The van der Waals surface area contributed by atoms with Gasteiger partial charge in [0.2, 0.25) is 0 Å². The molecule has 0 saturated carbocycles. The van der Waals surface area contributed by atoms with Crippen LogP contribution in [-0.2, 0) is 18.0 Å². The minimum Gasteiger partial charge on any atom is -0.497 e. The van der Waals surface area contributed by atoms with Gasteiger partial charge in [-0.2, -0.15) is 0 Å². The molecule has 0 aromatic heterocycles. The Labute approximate surface area is 130 Å². The first-order chi connectivity index (χ1) is 9.19. The molecule has 0 radical (unpaired) electrons. The number of hydrogen-bond acceptors (Lipinski definition) is 2. The minimum atomic E-state index is 0.549. The fraction of sp³-hybridized carbons (Fsp3) is 0.200. The second-order valence-corrected chi connectivity index (χ2v) is 5.85. The molecule has 0 unspecified atom stereocenters. The molecule has 0 N–H and O–H groups in total. The second kappa shape index (κ2) is 7.08. The van der Waals surface area contributed by atoms with Gasteiger partial charge in [0.1, 0.15) is 5.75 Å². The van der Waals surface area contributed by atoms with Crippen molar-refractivity contribution in [2.24, 2.45) is 0 Å². The molecule has 2 nitrogen and oxygen atoms in total. The molecule has 19 heavy (non-hydrogen) atoms. The van der Waals surface area contributed by atoms with Gasteiger partial charge in [0.05, 0.1) is 20.3 Å². The molecule has 4 heteroatoms. The summed E-state index contributed by atoms with van der Waals surface area (Å²) in [4.78, 5) is 0. The summed E-state index contributed by atoms with van der Waals surface area (Å²) < 4.78 is 13.0. The largest absolute Gasteiger partial charge is 0.497 e. The zero-order valence-electron chi connectivity index (χ0n) is 10.5. The number of hydrogen-bond donors (Lipinski definition) is 0. The third kappa shape index (κ3) is 4.34. The van der Waals surface area contributed by atoms with Crippen LogP contribution in [0.15, 0.2) is 51.4 Å². The van der Waals surface area contributed by atoms with Crippen LogP contribution in [0.5, 0.6) is 5.75 Å². The van der Waals surface area contributed by atoms with Crippen LogP contribution in [0.3, 0.4) is 0 Å². The smallest absolute Gasteiger partial charge is 0.119 e. The molecule has 2 aromatic rings. The van der Waals surface area contributed by atoms with E-state index < -0.39 is 0 Å². The molecule has 0 heterocycles. The van der Waals surface area contributed by atoms with Crippen molar-refractivity contribution in [1.82, 2.24) is 0 Å². The van der Waals surface area contributed by atoms with E-state index in [1.54, 1.807) is 7.11 Å². The van der Waals surface area contributed by atoms with Gasteiger partial charge in [-0.15, -0.1) is 0 Å². The van der Waals surface area contributed by atoms with Gasteiger partial charge in [-0.3, -0.25) is 0 Å². The molecule has 0 atom stereocenters. The average molecular weight is 386 g/mol. The summed E-state index contributed by atoms with van der Waals surface area (Å²) in [5.74, 6) is 0.838. The van der Waals surface area contributed by atoms with Gasteiger partial charge >= 0.3 is 0 Å². The fourth-order valence-corrected chi connectivity index (χ4v) is 2.27. The highest BCUT2D eigenvalue weighted by Gasteiger charge is 2.03. The van der Waals surface area contributed by atoms with Crippen LogP contribution in [0.1, 0.15) is 11.1 Å². The molecule has 0 fully saturated rings. The third-order valence-electron chi connectivity index (χ3n) is 2.69. The van der Waals surface area contributed by atoms with E-state index in [1.807, 2.05) is 42.5 Å². The Morgan fingerprint density at radius 1 is 0.947 bits per heavy atom. The lowest BCUT2D eigenvalue weighted by molar-refractivity contribution is 0.106. The highest BCUT2D eigenvalue weighted by atomic mass is 79.9. The van der Waals surface area contributed by atoms with Gasteiger partial charge in [-0.1, -0.05) is 44.0 Å². The van der Waals surface area contributed by atoms with Crippen molar-refractivity contribution in [3.8, 4) is 5.75 Å². The normalized spacial score (nSPS) is 10.5. The highest BCUT2D eigenvalue weighted by Crippen LogP contribution is 2.23. The minimum absolute atomic E-state index is 0.549. The standard InChI is InChI=1S/C15H14Br2O2/c1-18-14-6-7-15(17)12(8-14)10-19-9-11-2-4-13(16)5-3-11/h2-8H,9-10H2,1H3. The molecule has 0 aliphatic carbocycles. The van der Waals surface area contributed by atoms with Crippen LogP contribution in [-0.4, -0.2) is 7.11 Å². The van der Waals surface area contributed by atoms with Crippen molar-refractivity contribution in [3.05, 3.63) is 62.5 Å². The van der Waals surface area contributed by atoms with E-state index in [9.17, 15) is 0 Å². The van der Waals surface area contributed by atoms with Gasteiger partial charge in [-0.25, -0.2) is 0 Å². The Balaban J connectivity index is 1.93. The van der Waals surface area contributed by atoms with Crippen molar-refractivity contribution in [2.45, 2.75) is 13.2 Å². The van der Waals surface area contributed by atoms with Crippen molar-refractivity contribution in [3.63, 3.8) is 0 Å². The second-order valence-electron chi connectivity index (χ2n) is 4.08. The van der Waals surface area contributed by atoms with Gasteiger partial charge in [-0.05, 0) is 41.5 Å². The number of methoxy groups -OCH3 is 1. The zero-order valence-corrected chi connectivity index (χ0v) is 13.7. The van der Waals surface area contributed by atoms with Crippen LogP contribution in [0.4, 0.5) is 0 Å². The Morgan fingerprint density at radius 3 is 2.37 bits per heavy atom. The predicted octanol–water partition coefficient (Wildman–Crippen LogP) is 4.94. The highest BCUT2D eigenvalue weighted by molar-refractivity contribution is 9.10. The maximum atomic E-state index is 5.73. The molecule has 0 aliphatic heterocycles. The van der Waals surface area contributed by atoms with E-state index >= 15 is 0 Å². The molecule has 0 bridgehead atoms. The van der Waals surface area contributed by atoms with E-state index in [0.29, 0.717) is 13.2 Å². The van der Waals surface area contributed by atoms with Crippen molar-refractivity contribution in [2.75, 3.05) is 7.11 Å². The van der Waals surface area contributed by atoms with E-state index in [1.165, 1.54) is 0 Å². The molecule has 0 aliphatic rings. The Hall–Kier alpha value is -0.840. The van der Waals surface area contributed by atoms with Gasteiger partial charge in [0, 0.05) is 8.95 Å². The molecule has 0 amide bonds. The molecular formula is C15H14Br2O2.